The fraction of sp³-hybridized carbons (Fsp3) is 0. The first-order valence-corrected chi connectivity index (χ1v) is 5.75. The van der Waals surface area contributed by atoms with E-state index in [0.29, 0.717) is 11.5 Å². The van der Waals surface area contributed by atoms with E-state index < -0.39 is 0 Å². The Hall–Kier alpha value is -0.940. The molecule has 2 aromatic rings. The van der Waals surface area contributed by atoms with Gasteiger partial charge in [0.1, 0.15) is 0 Å². The molecule has 0 aliphatic rings. The highest BCUT2D eigenvalue weighted by atomic mass is 79.9. The number of aromatic nitrogens is 2. The highest BCUT2D eigenvalue weighted by Crippen LogP contribution is 2.22. The fourth-order valence-electron chi connectivity index (χ4n) is 1.27. The summed E-state index contributed by atoms with van der Waals surface area (Å²) in [5.74, 6) is 0.699. The van der Waals surface area contributed by atoms with E-state index >= 15 is 0 Å². The maximum absolute atomic E-state index is 10.8. The minimum Gasteiger partial charge on any atom is -0.296 e. The Balaban J connectivity index is 2.63. The molecule has 0 amide bonds. The normalized spacial score (nSPS) is 10.3. The molecule has 2 heterocycles. The van der Waals surface area contributed by atoms with Gasteiger partial charge in [-0.15, -0.1) is 0 Å². The highest BCUT2D eigenvalue weighted by Gasteiger charge is 2.08. The van der Waals surface area contributed by atoms with Crippen LogP contribution >= 0.6 is 31.9 Å². The molecule has 0 bridgehead atoms. The molecule has 76 valence electrons. The lowest BCUT2D eigenvalue weighted by Gasteiger charge is -2.05. The van der Waals surface area contributed by atoms with Crippen LogP contribution in [0.25, 0.3) is 5.82 Å². The third-order valence-corrected chi connectivity index (χ3v) is 2.96. The number of aldehydes is 1. The lowest BCUT2D eigenvalue weighted by atomic mass is 10.4. The van der Waals surface area contributed by atoms with Crippen LogP contribution in [0.15, 0.2) is 39.5 Å². The third-order valence-electron chi connectivity index (χ3n) is 1.90. The van der Waals surface area contributed by atoms with Crippen molar-refractivity contribution in [2.75, 3.05) is 0 Å². The number of hydrogen-bond acceptors (Lipinski definition) is 2. The van der Waals surface area contributed by atoms with Crippen molar-refractivity contribution in [1.29, 1.82) is 0 Å². The van der Waals surface area contributed by atoms with Gasteiger partial charge >= 0.3 is 0 Å². The Morgan fingerprint density at radius 3 is 2.87 bits per heavy atom. The first kappa shape index (κ1) is 10.6. The van der Waals surface area contributed by atoms with Gasteiger partial charge in [0.25, 0.3) is 0 Å². The Kier molecular flexibility index (Phi) is 3.02. The van der Waals surface area contributed by atoms with Gasteiger partial charge in [-0.25, -0.2) is 4.98 Å². The van der Waals surface area contributed by atoms with Gasteiger partial charge in [0.15, 0.2) is 12.1 Å². The van der Waals surface area contributed by atoms with Crippen molar-refractivity contribution in [2.24, 2.45) is 0 Å². The van der Waals surface area contributed by atoms with Gasteiger partial charge in [0, 0.05) is 16.9 Å². The van der Waals surface area contributed by atoms with Crippen LogP contribution in [0.1, 0.15) is 10.5 Å². The van der Waals surface area contributed by atoms with E-state index in [4.69, 9.17) is 0 Å². The largest absolute Gasteiger partial charge is 0.296 e. The first-order valence-electron chi connectivity index (χ1n) is 4.16. The summed E-state index contributed by atoms with van der Waals surface area (Å²) in [6, 6.07) is 5.45. The minimum atomic E-state index is 0.557. The molecule has 0 saturated heterocycles. The van der Waals surface area contributed by atoms with E-state index in [9.17, 15) is 4.79 Å². The van der Waals surface area contributed by atoms with E-state index in [-0.39, 0.29) is 0 Å². The van der Waals surface area contributed by atoms with Crippen LogP contribution in [0.2, 0.25) is 0 Å². The molecular formula is C10H6Br2N2O. The van der Waals surface area contributed by atoms with Gasteiger partial charge in [0.2, 0.25) is 0 Å². The van der Waals surface area contributed by atoms with Gasteiger partial charge in [0.05, 0.1) is 10.2 Å². The number of halogens is 2. The second-order valence-corrected chi connectivity index (χ2v) is 4.65. The average Bonchev–Trinajstić information content (AvgIpc) is 2.60. The molecule has 0 unspecified atom stereocenters. The van der Waals surface area contributed by atoms with E-state index in [1.54, 1.807) is 23.0 Å². The van der Waals surface area contributed by atoms with E-state index in [2.05, 4.69) is 36.8 Å². The Labute approximate surface area is 103 Å². The van der Waals surface area contributed by atoms with Crippen molar-refractivity contribution in [2.45, 2.75) is 0 Å². The second-order valence-electron chi connectivity index (χ2n) is 2.88. The lowest BCUT2D eigenvalue weighted by molar-refractivity contribution is 0.111. The van der Waals surface area contributed by atoms with Crippen LogP contribution in [0.3, 0.4) is 0 Å². The Bertz CT molecular complexity index is 508. The van der Waals surface area contributed by atoms with Gasteiger partial charge < -0.3 is 0 Å². The lowest BCUT2D eigenvalue weighted by Crippen LogP contribution is -2.00. The summed E-state index contributed by atoms with van der Waals surface area (Å²) in [4.78, 5) is 15.0. The number of pyridine rings is 1. The predicted molar refractivity (Wildman–Crippen MR) is 64.4 cm³/mol. The van der Waals surface area contributed by atoms with Crippen LogP contribution in [0.5, 0.6) is 0 Å². The van der Waals surface area contributed by atoms with Crippen molar-refractivity contribution in [1.82, 2.24) is 9.55 Å². The van der Waals surface area contributed by atoms with Crippen molar-refractivity contribution in [3.05, 3.63) is 45.2 Å². The summed E-state index contributed by atoms with van der Waals surface area (Å²) in [5, 5.41) is 0. The van der Waals surface area contributed by atoms with Crippen LogP contribution in [-0.4, -0.2) is 15.8 Å². The summed E-state index contributed by atoms with van der Waals surface area (Å²) in [6.07, 6.45) is 4.28. The molecule has 0 aliphatic heterocycles. The van der Waals surface area contributed by atoms with E-state index in [0.717, 1.165) is 15.2 Å². The van der Waals surface area contributed by atoms with Gasteiger partial charge in [-0.1, -0.05) is 0 Å². The molecule has 0 saturated carbocycles. The minimum absolute atomic E-state index is 0.557. The number of hydrogen-bond donors (Lipinski definition) is 0. The standard InChI is InChI=1S/C10H6Br2N2O/c11-7-4-8(6-15)14(5-7)10-9(12)2-1-3-13-10/h1-6H. The molecule has 0 fully saturated rings. The molecule has 2 aromatic heterocycles. The quantitative estimate of drug-likeness (QED) is 0.793. The average molecular weight is 330 g/mol. The second kappa shape index (κ2) is 4.28. The van der Waals surface area contributed by atoms with Gasteiger partial charge in [-0.2, -0.15) is 0 Å². The van der Waals surface area contributed by atoms with E-state index in [1.165, 1.54) is 0 Å². The summed E-state index contributed by atoms with van der Waals surface area (Å²) < 4.78 is 3.42. The zero-order chi connectivity index (χ0) is 10.8. The Morgan fingerprint density at radius 1 is 1.40 bits per heavy atom. The molecule has 0 aliphatic carbocycles. The summed E-state index contributed by atoms with van der Waals surface area (Å²) >= 11 is 6.71. The molecule has 0 aromatic carbocycles. The number of rotatable bonds is 2. The van der Waals surface area contributed by atoms with Crippen LogP contribution in [-0.2, 0) is 0 Å². The number of carbonyl (C=O) groups is 1. The first-order chi connectivity index (χ1) is 7.22. The topological polar surface area (TPSA) is 34.9 Å². The molecule has 0 atom stereocenters. The molecule has 15 heavy (non-hydrogen) atoms. The van der Waals surface area contributed by atoms with Gasteiger partial charge in [-0.05, 0) is 50.1 Å². The molecule has 5 heteroatoms. The van der Waals surface area contributed by atoms with Crippen molar-refractivity contribution in [3.63, 3.8) is 0 Å². The molecule has 0 N–H and O–H groups in total. The van der Waals surface area contributed by atoms with Crippen LogP contribution in [0, 0.1) is 0 Å². The van der Waals surface area contributed by atoms with Crippen LogP contribution in [0.4, 0.5) is 0 Å². The highest BCUT2D eigenvalue weighted by molar-refractivity contribution is 9.10. The summed E-state index contributed by atoms with van der Waals surface area (Å²) in [7, 11) is 0. The molecule has 2 rings (SSSR count). The SMILES string of the molecule is O=Cc1cc(Br)cn1-c1ncccc1Br. The predicted octanol–water partition coefficient (Wildman–Crippen LogP) is 3.21. The van der Waals surface area contributed by atoms with Crippen molar-refractivity contribution >= 4 is 38.1 Å². The maximum atomic E-state index is 10.8. The van der Waals surface area contributed by atoms with Gasteiger partial charge in [-0.3, -0.25) is 9.36 Å². The monoisotopic (exact) mass is 328 g/mol. The molecule has 0 radical (unpaired) electrons. The maximum Gasteiger partial charge on any atom is 0.166 e. The molecule has 0 spiro atoms. The fourth-order valence-corrected chi connectivity index (χ4v) is 2.16. The van der Waals surface area contributed by atoms with Crippen molar-refractivity contribution < 1.29 is 4.79 Å². The van der Waals surface area contributed by atoms with Crippen molar-refractivity contribution in [3.8, 4) is 5.82 Å². The third kappa shape index (κ3) is 2.03. The number of nitrogens with zero attached hydrogens (tertiary/aromatic N) is 2. The van der Waals surface area contributed by atoms with E-state index in [1.807, 2.05) is 12.1 Å². The number of carbonyl (C=O) groups excluding carboxylic acids is 1. The van der Waals surface area contributed by atoms with Crippen LogP contribution < -0.4 is 0 Å². The zero-order valence-corrected chi connectivity index (χ0v) is 10.7. The smallest absolute Gasteiger partial charge is 0.166 e. The summed E-state index contributed by atoms with van der Waals surface area (Å²) in [5.41, 5.74) is 0.557. The zero-order valence-electron chi connectivity index (χ0n) is 7.52. The summed E-state index contributed by atoms with van der Waals surface area (Å²) in [6.45, 7) is 0. The molecular weight excluding hydrogens is 324 g/mol. The Morgan fingerprint density at radius 2 is 2.20 bits per heavy atom. The molecule has 3 nitrogen and oxygen atoms in total.